The minimum Gasteiger partial charge on any atom is -0.488 e. The summed E-state index contributed by atoms with van der Waals surface area (Å²) in [6.45, 7) is 0.523. The highest BCUT2D eigenvalue weighted by atomic mass is 79.9. The normalized spacial score (nSPS) is 10.2. The van der Waals surface area contributed by atoms with Crippen LogP contribution in [-0.2, 0) is 6.61 Å². The van der Waals surface area contributed by atoms with Crippen molar-refractivity contribution in [3.05, 3.63) is 57.0 Å². The van der Waals surface area contributed by atoms with Gasteiger partial charge in [0.2, 0.25) is 0 Å². The monoisotopic (exact) mass is 355 g/mol. The summed E-state index contributed by atoms with van der Waals surface area (Å²) in [6.07, 6.45) is 0. The summed E-state index contributed by atoms with van der Waals surface area (Å²) < 4.78 is 7.57. The Morgan fingerprint density at radius 3 is 2.41 bits per heavy atom. The predicted molar refractivity (Wildman–Crippen MR) is 77.0 cm³/mol. The molecule has 0 saturated heterocycles. The van der Waals surface area contributed by atoms with Gasteiger partial charge < -0.3 is 10.5 Å². The Kier molecular flexibility index (Phi) is 4.07. The number of halogens is 2. The first-order chi connectivity index (χ1) is 8.16. The van der Waals surface area contributed by atoms with Crippen LogP contribution in [0.5, 0.6) is 5.75 Å². The molecule has 0 bridgehead atoms. The van der Waals surface area contributed by atoms with E-state index in [0.717, 1.165) is 20.3 Å². The highest BCUT2D eigenvalue weighted by Crippen LogP contribution is 2.30. The van der Waals surface area contributed by atoms with Crippen molar-refractivity contribution in [2.75, 3.05) is 5.73 Å². The van der Waals surface area contributed by atoms with E-state index >= 15 is 0 Å². The minimum atomic E-state index is 0.523. The average molecular weight is 357 g/mol. The van der Waals surface area contributed by atoms with Crippen molar-refractivity contribution >= 4 is 37.5 Å². The second-order valence-electron chi connectivity index (χ2n) is 3.57. The van der Waals surface area contributed by atoms with E-state index in [2.05, 4.69) is 31.9 Å². The predicted octanol–water partition coefficient (Wildman–Crippen LogP) is 4.37. The molecule has 0 aliphatic carbocycles. The standard InChI is InChI=1S/C13H11Br2NO/c14-10-6-4-9(5-7-10)8-17-12-3-1-2-11(16)13(12)15/h1-7H,8,16H2. The van der Waals surface area contributed by atoms with Gasteiger partial charge in [-0.2, -0.15) is 0 Å². The first-order valence-electron chi connectivity index (χ1n) is 5.08. The van der Waals surface area contributed by atoms with Crippen LogP contribution in [0.2, 0.25) is 0 Å². The van der Waals surface area contributed by atoms with Gasteiger partial charge in [-0.3, -0.25) is 0 Å². The average Bonchev–Trinajstić information content (AvgIpc) is 2.33. The molecule has 0 fully saturated rings. The topological polar surface area (TPSA) is 35.2 Å². The van der Waals surface area contributed by atoms with Gasteiger partial charge in [0.25, 0.3) is 0 Å². The highest BCUT2D eigenvalue weighted by molar-refractivity contribution is 9.11. The van der Waals surface area contributed by atoms with E-state index in [1.54, 1.807) is 0 Å². The van der Waals surface area contributed by atoms with Gasteiger partial charge in [-0.25, -0.2) is 0 Å². The molecule has 2 nitrogen and oxygen atoms in total. The largest absolute Gasteiger partial charge is 0.488 e. The first-order valence-corrected chi connectivity index (χ1v) is 6.66. The van der Waals surface area contributed by atoms with Crippen LogP contribution in [0.4, 0.5) is 5.69 Å². The van der Waals surface area contributed by atoms with E-state index in [1.807, 2.05) is 42.5 Å². The Morgan fingerprint density at radius 2 is 1.71 bits per heavy atom. The lowest BCUT2D eigenvalue weighted by molar-refractivity contribution is 0.304. The maximum Gasteiger partial charge on any atom is 0.136 e. The summed E-state index contributed by atoms with van der Waals surface area (Å²) in [7, 11) is 0. The molecular weight excluding hydrogens is 346 g/mol. The van der Waals surface area contributed by atoms with Gasteiger partial charge in [-0.1, -0.05) is 34.1 Å². The molecule has 88 valence electrons. The van der Waals surface area contributed by atoms with E-state index < -0.39 is 0 Å². The zero-order valence-electron chi connectivity index (χ0n) is 8.99. The molecular formula is C13H11Br2NO. The molecule has 2 aromatic carbocycles. The van der Waals surface area contributed by atoms with Crippen LogP contribution in [0.15, 0.2) is 51.4 Å². The lowest BCUT2D eigenvalue weighted by Crippen LogP contribution is -1.97. The zero-order chi connectivity index (χ0) is 12.3. The Hall–Kier alpha value is -1.000. The fourth-order valence-electron chi connectivity index (χ4n) is 1.38. The van der Waals surface area contributed by atoms with Gasteiger partial charge in [-0.05, 0) is 45.8 Å². The van der Waals surface area contributed by atoms with Gasteiger partial charge in [0.05, 0.1) is 4.47 Å². The molecule has 2 N–H and O–H groups in total. The molecule has 0 atom stereocenters. The van der Waals surface area contributed by atoms with Gasteiger partial charge >= 0.3 is 0 Å². The second kappa shape index (κ2) is 5.56. The molecule has 4 heteroatoms. The third-order valence-electron chi connectivity index (χ3n) is 2.30. The Balaban J connectivity index is 2.07. The summed E-state index contributed by atoms with van der Waals surface area (Å²) in [5, 5.41) is 0. The summed E-state index contributed by atoms with van der Waals surface area (Å²) in [6, 6.07) is 13.6. The van der Waals surface area contributed by atoms with E-state index in [9.17, 15) is 0 Å². The molecule has 0 aliphatic heterocycles. The molecule has 2 rings (SSSR count). The van der Waals surface area contributed by atoms with Gasteiger partial charge in [0.1, 0.15) is 12.4 Å². The van der Waals surface area contributed by atoms with Crippen molar-refractivity contribution in [2.24, 2.45) is 0 Å². The highest BCUT2D eigenvalue weighted by Gasteiger charge is 2.04. The van der Waals surface area contributed by atoms with Crippen molar-refractivity contribution in [1.29, 1.82) is 0 Å². The van der Waals surface area contributed by atoms with Crippen LogP contribution < -0.4 is 10.5 Å². The minimum absolute atomic E-state index is 0.523. The van der Waals surface area contributed by atoms with Crippen molar-refractivity contribution in [3.8, 4) is 5.75 Å². The lowest BCUT2D eigenvalue weighted by atomic mass is 10.2. The molecule has 0 amide bonds. The molecule has 0 saturated carbocycles. The molecule has 0 aromatic heterocycles. The first kappa shape index (κ1) is 12.5. The van der Waals surface area contributed by atoms with Crippen molar-refractivity contribution < 1.29 is 4.74 Å². The Labute approximate surface area is 117 Å². The van der Waals surface area contributed by atoms with Gasteiger partial charge in [0, 0.05) is 10.2 Å². The number of nitrogen functional groups attached to an aromatic ring is 1. The van der Waals surface area contributed by atoms with Gasteiger partial charge in [-0.15, -0.1) is 0 Å². The number of rotatable bonds is 3. The third-order valence-corrected chi connectivity index (χ3v) is 3.68. The summed E-state index contributed by atoms with van der Waals surface area (Å²) in [4.78, 5) is 0. The van der Waals surface area contributed by atoms with Crippen molar-refractivity contribution in [2.45, 2.75) is 6.61 Å². The fraction of sp³-hybridized carbons (Fsp3) is 0.0769. The molecule has 0 heterocycles. The third kappa shape index (κ3) is 3.23. The Bertz CT molecular complexity index is 511. The molecule has 0 aliphatic rings. The number of anilines is 1. The van der Waals surface area contributed by atoms with Crippen LogP contribution in [0, 0.1) is 0 Å². The maximum absolute atomic E-state index is 5.78. The zero-order valence-corrected chi connectivity index (χ0v) is 12.2. The Morgan fingerprint density at radius 1 is 1.00 bits per heavy atom. The number of hydrogen-bond acceptors (Lipinski definition) is 2. The van der Waals surface area contributed by atoms with Crippen LogP contribution in [0.3, 0.4) is 0 Å². The van der Waals surface area contributed by atoms with Crippen LogP contribution in [0.1, 0.15) is 5.56 Å². The molecule has 0 spiro atoms. The number of ether oxygens (including phenoxy) is 1. The molecule has 2 aromatic rings. The maximum atomic E-state index is 5.78. The summed E-state index contributed by atoms with van der Waals surface area (Å²) in [5.74, 6) is 0.757. The summed E-state index contributed by atoms with van der Waals surface area (Å²) in [5.41, 5.74) is 7.57. The number of benzene rings is 2. The number of hydrogen-bond donors (Lipinski definition) is 1. The summed E-state index contributed by atoms with van der Waals surface area (Å²) >= 11 is 6.81. The SMILES string of the molecule is Nc1cccc(OCc2ccc(Br)cc2)c1Br. The van der Waals surface area contributed by atoms with E-state index in [4.69, 9.17) is 10.5 Å². The van der Waals surface area contributed by atoms with Crippen LogP contribution in [-0.4, -0.2) is 0 Å². The molecule has 0 unspecified atom stereocenters. The lowest BCUT2D eigenvalue weighted by Gasteiger charge is -2.09. The molecule has 17 heavy (non-hydrogen) atoms. The van der Waals surface area contributed by atoms with Gasteiger partial charge in [0.15, 0.2) is 0 Å². The quantitative estimate of drug-likeness (QED) is 0.828. The smallest absolute Gasteiger partial charge is 0.136 e. The van der Waals surface area contributed by atoms with Crippen LogP contribution in [0.25, 0.3) is 0 Å². The number of nitrogens with two attached hydrogens (primary N) is 1. The van der Waals surface area contributed by atoms with E-state index in [0.29, 0.717) is 12.3 Å². The van der Waals surface area contributed by atoms with Crippen molar-refractivity contribution in [1.82, 2.24) is 0 Å². The molecule has 0 radical (unpaired) electrons. The van der Waals surface area contributed by atoms with Crippen molar-refractivity contribution in [3.63, 3.8) is 0 Å². The van der Waals surface area contributed by atoms with E-state index in [-0.39, 0.29) is 0 Å². The van der Waals surface area contributed by atoms with E-state index in [1.165, 1.54) is 0 Å². The van der Waals surface area contributed by atoms with Crippen LogP contribution >= 0.6 is 31.9 Å². The fourth-order valence-corrected chi connectivity index (χ4v) is 2.02. The second-order valence-corrected chi connectivity index (χ2v) is 5.28.